The van der Waals surface area contributed by atoms with E-state index >= 15 is 0 Å². The average molecular weight is 470 g/mol. The number of Topliss-reactive ketones (excluding diaryl/α,β-unsaturated/α-hetero) is 1. The first-order chi connectivity index (χ1) is 15.2. The van der Waals surface area contributed by atoms with E-state index in [-0.39, 0.29) is 16.2 Å². The zero-order chi connectivity index (χ0) is 23.2. The van der Waals surface area contributed by atoms with E-state index in [1.807, 2.05) is 19.1 Å². The molecule has 0 aromatic heterocycles. The predicted octanol–water partition coefficient (Wildman–Crippen LogP) is 6.38. The first-order valence-electron chi connectivity index (χ1n) is 9.78. The molecule has 1 heterocycles. The van der Waals surface area contributed by atoms with Crippen molar-refractivity contribution < 1.29 is 19.1 Å². The maximum absolute atomic E-state index is 13.8. The van der Waals surface area contributed by atoms with Crippen molar-refractivity contribution in [2.45, 2.75) is 19.9 Å². The van der Waals surface area contributed by atoms with E-state index in [1.165, 1.54) is 23.1 Å². The number of aryl methyl sites for hydroxylation is 2. The molecule has 3 aromatic rings. The van der Waals surface area contributed by atoms with Crippen LogP contribution in [0.4, 0.5) is 10.1 Å². The molecule has 1 N–H and O–H groups in total. The molecule has 1 amide bonds. The van der Waals surface area contributed by atoms with Crippen molar-refractivity contribution in [1.82, 2.24) is 0 Å². The summed E-state index contributed by atoms with van der Waals surface area (Å²) in [6.45, 7) is 3.46. The van der Waals surface area contributed by atoms with Gasteiger partial charge in [0.05, 0.1) is 21.7 Å². The zero-order valence-electron chi connectivity index (χ0n) is 17.2. The highest BCUT2D eigenvalue weighted by Crippen LogP contribution is 2.43. The van der Waals surface area contributed by atoms with E-state index in [0.29, 0.717) is 21.8 Å². The molecular formula is C25H18Cl2FNO3. The molecule has 1 saturated heterocycles. The normalized spacial score (nSPS) is 17.8. The second-order valence-electron chi connectivity index (χ2n) is 7.64. The Morgan fingerprint density at radius 3 is 2.25 bits per heavy atom. The minimum atomic E-state index is -0.946. The molecule has 0 saturated carbocycles. The Morgan fingerprint density at radius 1 is 0.938 bits per heavy atom. The number of carbonyl (C=O) groups is 2. The molecule has 1 fully saturated rings. The summed E-state index contributed by atoms with van der Waals surface area (Å²) in [6, 6.07) is 14.9. The molecule has 32 heavy (non-hydrogen) atoms. The van der Waals surface area contributed by atoms with Crippen LogP contribution in [-0.4, -0.2) is 16.8 Å². The van der Waals surface area contributed by atoms with Crippen molar-refractivity contribution >= 4 is 46.3 Å². The molecule has 4 nitrogen and oxygen atoms in total. The third kappa shape index (κ3) is 3.78. The summed E-state index contributed by atoms with van der Waals surface area (Å²) in [5.74, 6) is -2.47. The van der Waals surface area contributed by atoms with Crippen LogP contribution < -0.4 is 4.90 Å². The van der Waals surface area contributed by atoms with Crippen molar-refractivity contribution in [2.75, 3.05) is 4.90 Å². The van der Waals surface area contributed by atoms with Gasteiger partial charge in [0.15, 0.2) is 0 Å². The molecule has 1 unspecified atom stereocenters. The Balaban J connectivity index is 1.97. The smallest absolute Gasteiger partial charge is 0.300 e. The molecule has 0 radical (unpaired) electrons. The van der Waals surface area contributed by atoms with Crippen LogP contribution in [0.15, 0.2) is 66.2 Å². The van der Waals surface area contributed by atoms with Gasteiger partial charge in [-0.2, -0.15) is 0 Å². The van der Waals surface area contributed by atoms with Crippen LogP contribution in [0.5, 0.6) is 0 Å². The molecule has 162 valence electrons. The van der Waals surface area contributed by atoms with Crippen LogP contribution in [0.2, 0.25) is 10.0 Å². The first-order valence-corrected chi connectivity index (χ1v) is 10.5. The van der Waals surface area contributed by atoms with Crippen LogP contribution in [0.1, 0.15) is 28.3 Å². The van der Waals surface area contributed by atoms with Crippen molar-refractivity contribution in [3.05, 3.63) is 104 Å². The summed E-state index contributed by atoms with van der Waals surface area (Å²) in [5.41, 5.74) is 2.39. The number of carbonyl (C=O) groups excluding carboxylic acids is 2. The zero-order valence-corrected chi connectivity index (χ0v) is 18.7. The number of rotatable bonds is 3. The fourth-order valence-electron chi connectivity index (χ4n) is 3.75. The first kappa shape index (κ1) is 22.1. The second-order valence-corrected chi connectivity index (χ2v) is 8.46. The lowest BCUT2D eigenvalue weighted by atomic mass is 9.94. The minimum absolute atomic E-state index is 0.111. The molecular weight excluding hydrogens is 452 g/mol. The Morgan fingerprint density at radius 2 is 1.62 bits per heavy atom. The number of hydrogen-bond donors (Lipinski definition) is 1. The lowest BCUT2D eigenvalue weighted by Crippen LogP contribution is -2.29. The number of anilines is 1. The average Bonchev–Trinajstić information content (AvgIpc) is 3.03. The molecule has 1 atom stereocenters. The Hall–Kier alpha value is -3.15. The summed E-state index contributed by atoms with van der Waals surface area (Å²) in [4.78, 5) is 27.5. The van der Waals surface area contributed by atoms with E-state index in [4.69, 9.17) is 23.2 Å². The van der Waals surface area contributed by atoms with Crippen LogP contribution in [-0.2, 0) is 9.59 Å². The van der Waals surface area contributed by atoms with E-state index < -0.39 is 29.3 Å². The fraction of sp³-hybridized carbons (Fsp3) is 0.120. The highest BCUT2D eigenvalue weighted by atomic mass is 35.5. The van der Waals surface area contributed by atoms with Gasteiger partial charge in [-0.05, 0) is 67.4 Å². The molecule has 0 bridgehead atoms. The van der Waals surface area contributed by atoms with E-state index in [9.17, 15) is 19.1 Å². The third-order valence-electron chi connectivity index (χ3n) is 5.45. The quantitative estimate of drug-likeness (QED) is 0.275. The number of benzene rings is 3. The third-order valence-corrected chi connectivity index (χ3v) is 6.19. The van der Waals surface area contributed by atoms with Crippen molar-refractivity contribution in [2.24, 2.45) is 0 Å². The summed E-state index contributed by atoms with van der Waals surface area (Å²) in [7, 11) is 0. The van der Waals surface area contributed by atoms with Gasteiger partial charge in [0.1, 0.15) is 11.6 Å². The van der Waals surface area contributed by atoms with Crippen LogP contribution in [0.25, 0.3) is 5.76 Å². The maximum Gasteiger partial charge on any atom is 0.300 e. The SMILES string of the molecule is Cc1ccc(N2C(=O)C(=O)/C(=C(\O)c3ccc(F)c(C)c3)C2c2ccc(Cl)c(Cl)c2)cc1. The van der Waals surface area contributed by atoms with Gasteiger partial charge in [0, 0.05) is 11.3 Å². The standard InChI is InChI=1S/C25H18Cl2FNO3/c1-13-3-7-17(8-4-13)29-22(15-5-9-18(26)19(27)12-15)21(24(31)25(29)32)23(30)16-6-10-20(28)14(2)11-16/h3-12,22,30H,1-2H3/b23-21-. The number of hydrogen-bond acceptors (Lipinski definition) is 3. The lowest BCUT2D eigenvalue weighted by molar-refractivity contribution is -0.132. The highest BCUT2D eigenvalue weighted by molar-refractivity contribution is 6.51. The summed E-state index contributed by atoms with van der Waals surface area (Å²) < 4.78 is 13.8. The van der Waals surface area contributed by atoms with E-state index in [2.05, 4.69) is 0 Å². The monoisotopic (exact) mass is 469 g/mol. The molecule has 3 aromatic carbocycles. The van der Waals surface area contributed by atoms with E-state index in [0.717, 1.165) is 5.56 Å². The van der Waals surface area contributed by atoms with Gasteiger partial charge in [0.2, 0.25) is 0 Å². The topological polar surface area (TPSA) is 57.6 Å². The van der Waals surface area contributed by atoms with Gasteiger partial charge in [-0.15, -0.1) is 0 Å². The number of nitrogens with zero attached hydrogens (tertiary/aromatic N) is 1. The summed E-state index contributed by atoms with van der Waals surface area (Å²) >= 11 is 12.3. The molecule has 1 aliphatic rings. The minimum Gasteiger partial charge on any atom is -0.507 e. The van der Waals surface area contributed by atoms with Gasteiger partial charge in [0.25, 0.3) is 11.7 Å². The molecule has 7 heteroatoms. The summed E-state index contributed by atoms with van der Waals surface area (Å²) in [6.07, 6.45) is 0. The second kappa shape index (κ2) is 8.41. The Labute approximate surface area is 194 Å². The number of aliphatic hydroxyl groups is 1. The number of ketones is 1. The van der Waals surface area contributed by atoms with Gasteiger partial charge >= 0.3 is 0 Å². The van der Waals surface area contributed by atoms with Gasteiger partial charge < -0.3 is 5.11 Å². The lowest BCUT2D eigenvalue weighted by Gasteiger charge is -2.26. The van der Waals surface area contributed by atoms with Crippen LogP contribution >= 0.6 is 23.2 Å². The Bertz CT molecular complexity index is 1280. The highest BCUT2D eigenvalue weighted by Gasteiger charge is 2.47. The van der Waals surface area contributed by atoms with Gasteiger partial charge in [-0.1, -0.05) is 47.0 Å². The summed E-state index contributed by atoms with van der Waals surface area (Å²) in [5, 5.41) is 11.6. The van der Waals surface area contributed by atoms with Crippen LogP contribution in [0.3, 0.4) is 0 Å². The Kier molecular flexibility index (Phi) is 5.80. The predicted molar refractivity (Wildman–Crippen MR) is 124 cm³/mol. The number of aliphatic hydroxyl groups excluding tert-OH is 1. The molecule has 4 rings (SSSR count). The maximum atomic E-state index is 13.8. The van der Waals surface area contributed by atoms with Crippen LogP contribution in [0, 0.1) is 19.7 Å². The van der Waals surface area contributed by atoms with Gasteiger partial charge in [-0.25, -0.2) is 4.39 Å². The largest absolute Gasteiger partial charge is 0.507 e. The van der Waals surface area contributed by atoms with Crippen molar-refractivity contribution in [1.29, 1.82) is 0 Å². The van der Waals surface area contributed by atoms with Crippen molar-refractivity contribution in [3.63, 3.8) is 0 Å². The number of halogens is 3. The van der Waals surface area contributed by atoms with E-state index in [1.54, 1.807) is 37.3 Å². The van der Waals surface area contributed by atoms with Gasteiger partial charge in [-0.3, -0.25) is 14.5 Å². The molecule has 0 spiro atoms. The number of amides is 1. The molecule has 1 aliphatic heterocycles. The fourth-order valence-corrected chi connectivity index (χ4v) is 4.06. The van der Waals surface area contributed by atoms with Crippen molar-refractivity contribution in [3.8, 4) is 0 Å². The molecule has 0 aliphatic carbocycles.